The van der Waals surface area contributed by atoms with E-state index in [9.17, 15) is 9.59 Å². The number of nitrogens with one attached hydrogen (secondary N) is 2. The molecule has 0 saturated carbocycles. The van der Waals surface area contributed by atoms with Crippen LogP contribution in [0.25, 0.3) is 0 Å². The van der Waals surface area contributed by atoms with Crippen molar-refractivity contribution in [1.82, 2.24) is 15.5 Å². The average molecular weight is 297 g/mol. The summed E-state index contributed by atoms with van der Waals surface area (Å²) in [5.74, 6) is 0.117. The number of carbonyl (C=O) groups is 2. The first-order valence-corrected chi connectivity index (χ1v) is 8.16. The van der Waals surface area contributed by atoms with Gasteiger partial charge < -0.3 is 20.3 Å². The third kappa shape index (κ3) is 4.88. The van der Waals surface area contributed by atoms with Gasteiger partial charge in [0.25, 0.3) is 0 Å². The molecule has 2 N–H and O–H groups in total. The van der Waals surface area contributed by atoms with Crippen LogP contribution in [0.15, 0.2) is 0 Å². The third-order valence-corrected chi connectivity index (χ3v) is 4.24. The Hall–Kier alpha value is -1.30. The van der Waals surface area contributed by atoms with Gasteiger partial charge in [-0.3, -0.25) is 4.79 Å². The number of hydrogen-bond donors (Lipinski definition) is 2. The minimum atomic E-state index is -0.243. The first kappa shape index (κ1) is 16.1. The summed E-state index contributed by atoms with van der Waals surface area (Å²) >= 11 is 0. The highest BCUT2D eigenvalue weighted by atomic mass is 16.6. The highest BCUT2D eigenvalue weighted by Gasteiger charge is 2.27. The fourth-order valence-corrected chi connectivity index (χ4v) is 2.98. The summed E-state index contributed by atoms with van der Waals surface area (Å²) in [6, 6.07) is 0.129. The van der Waals surface area contributed by atoms with E-state index < -0.39 is 0 Å². The molecular formula is C15H27N3O3. The molecule has 2 aliphatic heterocycles. The summed E-state index contributed by atoms with van der Waals surface area (Å²) in [6.07, 6.45) is 5.76. The Balaban J connectivity index is 1.72. The molecule has 2 fully saturated rings. The number of nitrogens with zero attached hydrogens (tertiary/aromatic N) is 1. The standard InChI is InChI=1S/C15H27N3O3/c1-2-21-15(20)18-10-7-12(8-11-18)17-14(19)13-6-4-3-5-9-16-13/h12-13,16H,2-11H2,1H3,(H,17,19). The lowest BCUT2D eigenvalue weighted by Crippen LogP contribution is -2.51. The maximum atomic E-state index is 12.3. The molecular weight excluding hydrogens is 270 g/mol. The highest BCUT2D eigenvalue weighted by Crippen LogP contribution is 2.13. The second kappa shape index (κ2) is 8.22. The number of hydrogen-bond acceptors (Lipinski definition) is 4. The average Bonchev–Trinajstić information content (AvgIpc) is 2.77. The third-order valence-electron chi connectivity index (χ3n) is 4.24. The molecule has 2 amide bonds. The summed E-state index contributed by atoms with van der Waals surface area (Å²) in [6.45, 7) is 4.45. The van der Waals surface area contributed by atoms with Gasteiger partial charge in [0.05, 0.1) is 12.6 Å². The zero-order valence-corrected chi connectivity index (χ0v) is 12.9. The Labute approximate surface area is 126 Å². The number of likely N-dealkylation sites (tertiary alicyclic amines) is 1. The van der Waals surface area contributed by atoms with Crippen LogP contribution in [0.1, 0.15) is 45.4 Å². The molecule has 6 heteroatoms. The summed E-state index contributed by atoms with van der Waals surface area (Å²) < 4.78 is 5.00. The summed E-state index contributed by atoms with van der Waals surface area (Å²) in [4.78, 5) is 25.6. The van der Waals surface area contributed by atoms with E-state index in [2.05, 4.69) is 10.6 Å². The molecule has 0 radical (unpaired) electrons. The lowest BCUT2D eigenvalue weighted by molar-refractivity contribution is -0.124. The van der Waals surface area contributed by atoms with Crippen molar-refractivity contribution in [3.63, 3.8) is 0 Å². The van der Waals surface area contributed by atoms with Crippen LogP contribution in [0.3, 0.4) is 0 Å². The van der Waals surface area contributed by atoms with Gasteiger partial charge in [-0.15, -0.1) is 0 Å². The van der Waals surface area contributed by atoms with Crippen molar-refractivity contribution in [2.24, 2.45) is 0 Å². The van der Waals surface area contributed by atoms with Gasteiger partial charge in [-0.1, -0.05) is 12.8 Å². The molecule has 2 heterocycles. The van der Waals surface area contributed by atoms with Gasteiger partial charge in [-0.2, -0.15) is 0 Å². The van der Waals surface area contributed by atoms with Gasteiger partial charge in [0.15, 0.2) is 0 Å². The minimum absolute atomic E-state index is 0.0458. The predicted octanol–water partition coefficient (Wildman–Crippen LogP) is 1.26. The molecule has 1 unspecified atom stereocenters. The van der Waals surface area contributed by atoms with Gasteiger partial charge in [0.1, 0.15) is 0 Å². The second-order valence-electron chi connectivity index (χ2n) is 5.82. The molecule has 1 atom stereocenters. The van der Waals surface area contributed by atoms with Crippen LogP contribution in [0.2, 0.25) is 0 Å². The van der Waals surface area contributed by atoms with E-state index in [1.165, 1.54) is 6.42 Å². The highest BCUT2D eigenvalue weighted by molar-refractivity contribution is 5.82. The maximum Gasteiger partial charge on any atom is 0.409 e. The van der Waals surface area contributed by atoms with E-state index in [1.54, 1.807) is 4.90 Å². The van der Waals surface area contributed by atoms with Gasteiger partial charge >= 0.3 is 6.09 Å². The van der Waals surface area contributed by atoms with E-state index in [0.717, 1.165) is 38.6 Å². The molecule has 0 spiro atoms. The Morgan fingerprint density at radius 1 is 1.19 bits per heavy atom. The number of rotatable bonds is 3. The molecule has 2 saturated heterocycles. The number of piperidine rings is 1. The van der Waals surface area contributed by atoms with Crippen molar-refractivity contribution in [2.45, 2.75) is 57.5 Å². The van der Waals surface area contributed by atoms with Crippen molar-refractivity contribution in [3.8, 4) is 0 Å². The molecule has 2 rings (SSSR count). The maximum absolute atomic E-state index is 12.3. The lowest BCUT2D eigenvalue weighted by Gasteiger charge is -2.32. The quantitative estimate of drug-likeness (QED) is 0.822. The minimum Gasteiger partial charge on any atom is -0.450 e. The first-order valence-electron chi connectivity index (χ1n) is 8.16. The van der Waals surface area contributed by atoms with Crippen molar-refractivity contribution >= 4 is 12.0 Å². The van der Waals surface area contributed by atoms with Gasteiger partial charge in [0.2, 0.25) is 5.91 Å². The van der Waals surface area contributed by atoms with Crippen molar-refractivity contribution in [3.05, 3.63) is 0 Å². The van der Waals surface area contributed by atoms with Crippen LogP contribution in [-0.2, 0) is 9.53 Å². The van der Waals surface area contributed by atoms with Crippen molar-refractivity contribution in [1.29, 1.82) is 0 Å². The number of ether oxygens (including phenoxy) is 1. The van der Waals surface area contributed by atoms with E-state index in [1.807, 2.05) is 6.92 Å². The van der Waals surface area contributed by atoms with Gasteiger partial charge in [-0.05, 0) is 39.2 Å². The Morgan fingerprint density at radius 2 is 1.95 bits per heavy atom. The molecule has 6 nitrogen and oxygen atoms in total. The molecule has 0 aliphatic carbocycles. The molecule has 0 aromatic carbocycles. The van der Waals surface area contributed by atoms with Crippen LogP contribution in [0.5, 0.6) is 0 Å². The molecule has 0 bridgehead atoms. The number of carbonyl (C=O) groups excluding carboxylic acids is 2. The van der Waals surface area contributed by atoms with E-state index >= 15 is 0 Å². The summed E-state index contributed by atoms with van der Waals surface area (Å²) in [5.41, 5.74) is 0. The first-order chi connectivity index (χ1) is 10.2. The second-order valence-corrected chi connectivity index (χ2v) is 5.82. The molecule has 0 aromatic rings. The van der Waals surface area contributed by atoms with Crippen LogP contribution >= 0.6 is 0 Å². The van der Waals surface area contributed by atoms with E-state index in [0.29, 0.717) is 19.7 Å². The molecule has 0 aromatic heterocycles. The topological polar surface area (TPSA) is 70.7 Å². The van der Waals surface area contributed by atoms with Crippen LogP contribution in [-0.4, -0.2) is 55.2 Å². The summed E-state index contributed by atoms with van der Waals surface area (Å²) in [7, 11) is 0. The molecule has 120 valence electrons. The van der Waals surface area contributed by atoms with Crippen molar-refractivity contribution in [2.75, 3.05) is 26.2 Å². The normalized spacial score (nSPS) is 24.2. The van der Waals surface area contributed by atoms with Crippen molar-refractivity contribution < 1.29 is 14.3 Å². The zero-order valence-electron chi connectivity index (χ0n) is 12.9. The Kier molecular flexibility index (Phi) is 6.29. The van der Waals surface area contributed by atoms with E-state index in [-0.39, 0.29) is 24.1 Å². The van der Waals surface area contributed by atoms with Gasteiger partial charge in [-0.25, -0.2) is 4.79 Å². The van der Waals surface area contributed by atoms with Gasteiger partial charge in [0, 0.05) is 19.1 Å². The summed E-state index contributed by atoms with van der Waals surface area (Å²) in [5, 5.41) is 6.45. The Morgan fingerprint density at radius 3 is 2.67 bits per heavy atom. The Bertz CT molecular complexity index is 346. The monoisotopic (exact) mass is 297 g/mol. The lowest BCUT2D eigenvalue weighted by atomic mass is 10.0. The largest absolute Gasteiger partial charge is 0.450 e. The molecule has 21 heavy (non-hydrogen) atoms. The smallest absolute Gasteiger partial charge is 0.409 e. The number of amides is 2. The molecule has 2 aliphatic rings. The van der Waals surface area contributed by atoms with Crippen LogP contribution in [0, 0.1) is 0 Å². The fourth-order valence-electron chi connectivity index (χ4n) is 2.98. The van der Waals surface area contributed by atoms with E-state index in [4.69, 9.17) is 4.74 Å². The predicted molar refractivity (Wildman–Crippen MR) is 80.0 cm³/mol. The zero-order chi connectivity index (χ0) is 15.1. The fraction of sp³-hybridized carbons (Fsp3) is 0.867. The van der Waals surface area contributed by atoms with Crippen LogP contribution < -0.4 is 10.6 Å². The SMILES string of the molecule is CCOC(=O)N1CCC(NC(=O)C2CCCCCN2)CC1. The van der Waals surface area contributed by atoms with Crippen LogP contribution in [0.4, 0.5) is 4.79 Å².